The minimum absolute atomic E-state index is 0.0000202. The highest BCUT2D eigenvalue weighted by Crippen LogP contribution is 2.35. The molecule has 0 spiro atoms. The Labute approximate surface area is 162 Å². The molecule has 2 aromatic rings. The predicted octanol–water partition coefficient (Wildman–Crippen LogP) is 3.76. The van der Waals surface area contributed by atoms with Gasteiger partial charge in [0, 0.05) is 18.0 Å². The second-order valence-corrected chi connectivity index (χ2v) is 8.76. The first-order chi connectivity index (χ1) is 12.7. The Bertz CT molecular complexity index is 841. The lowest BCUT2D eigenvalue weighted by molar-refractivity contribution is -0.118. The SMILES string of the molecule is CCCCCn1c(SCC(=O)NCCC)nc2sc3c(c2c1=O)CCC3. The van der Waals surface area contributed by atoms with Crippen molar-refractivity contribution in [1.82, 2.24) is 14.9 Å². The highest BCUT2D eigenvalue weighted by atomic mass is 32.2. The van der Waals surface area contributed by atoms with E-state index in [2.05, 4.69) is 12.2 Å². The Hall–Kier alpha value is -1.34. The van der Waals surface area contributed by atoms with E-state index in [1.807, 2.05) is 6.92 Å². The summed E-state index contributed by atoms with van der Waals surface area (Å²) in [6, 6.07) is 0. The molecule has 142 valence electrons. The van der Waals surface area contributed by atoms with Crippen molar-refractivity contribution in [3.05, 3.63) is 20.8 Å². The molecule has 5 nitrogen and oxygen atoms in total. The molecule has 0 bridgehead atoms. The first kappa shape index (κ1) is 19.4. The first-order valence-corrected chi connectivity index (χ1v) is 11.4. The smallest absolute Gasteiger partial charge is 0.263 e. The second-order valence-electron chi connectivity index (χ2n) is 6.73. The van der Waals surface area contributed by atoms with Crippen LogP contribution in [0.5, 0.6) is 0 Å². The lowest BCUT2D eigenvalue weighted by Crippen LogP contribution is -2.27. The zero-order chi connectivity index (χ0) is 18.5. The van der Waals surface area contributed by atoms with Gasteiger partial charge in [0.2, 0.25) is 5.91 Å². The topological polar surface area (TPSA) is 64.0 Å². The van der Waals surface area contributed by atoms with E-state index in [0.717, 1.165) is 55.2 Å². The Balaban J connectivity index is 1.90. The number of fused-ring (bicyclic) bond motifs is 3. The molecule has 1 aliphatic rings. The first-order valence-electron chi connectivity index (χ1n) is 9.60. The van der Waals surface area contributed by atoms with Crippen molar-refractivity contribution in [2.24, 2.45) is 0 Å². The predicted molar refractivity (Wildman–Crippen MR) is 109 cm³/mol. The van der Waals surface area contributed by atoms with Crippen LogP contribution in [0.1, 0.15) is 56.4 Å². The average Bonchev–Trinajstić information content (AvgIpc) is 3.20. The molecule has 0 radical (unpaired) electrons. The number of hydrogen-bond donors (Lipinski definition) is 1. The van der Waals surface area contributed by atoms with Gasteiger partial charge in [0.1, 0.15) is 4.83 Å². The fourth-order valence-corrected chi connectivity index (χ4v) is 5.49. The third-order valence-corrected chi connectivity index (χ3v) is 6.84. The number of carbonyl (C=O) groups excluding carboxylic acids is 1. The second kappa shape index (κ2) is 9.04. The van der Waals surface area contributed by atoms with Gasteiger partial charge in [-0.15, -0.1) is 11.3 Å². The quantitative estimate of drug-likeness (QED) is 0.400. The summed E-state index contributed by atoms with van der Waals surface area (Å²) in [6.07, 6.45) is 7.28. The van der Waals surface area contributed by atoms with Crippen molar-refractivity contribution in [3.8, 4) is 0 Å². The Morgan fingerprint density at radius 1 is 1.27 bits per heavy atom. The summed E-state index contributed by atoms with van der Waals surface area (Å²) in [7, 11) is 0. The van der Waals surface area contributed by atoms with E-state index in [1.165, 1.54) is 22.2 Å². The molecule has 3 rings (SSSR count). The maximum Gasteiger partial charge on any atom is 0.263 e. The summed E-state index contributed by atoms with van der Waals surface area (Å²) in [6.45, 7) is 5.56. The standard InChI is InChI=1S/C19H27N3O2S2/c1-3-5-6-11-22-18(24)16-13-8-7-9-14(13)26-17(16)21-19(22)25-12-15(23)20-10-4-2/h3-12H2,1-2H3,(H,20,23). The molecule has 0 unspecified atom stereocenters. The lowest BCUT2D eigenvalue weighted by Gasteiger charge is -2.12. The number of unbranched alkanes of at least 4 members (excludes halogenated alkanes) is 2. The van der Waals surface area contributed by atoms with Gasteiger partial charge >= 0.3 is 0 Å². The number of thioether (sulfide) groups is 1. The van der Waals surface area contributed by atoms with E-state index < -0.39 is 0 Å². The average molecular weight is 394 g/mol. The van der Waals surface area contributed by atoms with Crippen LogP contribution in [-0.4, -0.2) is 27.8 Å². The zero-order valence-corrected chi connectivity index (χ0v) is 17.2. The fraction of sp³-hybridized carbons (Fsp3) is 0.632. The van der Waals surface area contributed by atoms with Crippen molar-refractivity contribution in [1.29, 1.82) is 0 Å². The molecule has 0 saturated heterocycles. The molecule has 0 fully saturated rings. The van der Waals surface area contributed by atoms with Crippen LogP contribution < -0.4 is 10.9 Å². The number of nitrogens with one attached hydrogen (secondary N) is 1. The number of hydrogen-bond acceptors (Lipinski definition) is 5. The van der Waals surface area contributed by atoms with Gasteiger partial charge in [-0.05, 0) is 37.7 Å². The molecule has 0 saturated carbocycles. The van der Waals surface area contributed by atoms with Crippen molar-refractivity contribution < 1.29 is 4.79 Å². The van der Waals surface area contributed by atoms with Crippen molar-refractivity contribution in [2.75, 3.05) is 12.3 Å². The van der Waals surface area contributed by atoms with Crippen molar-refractivity contribution in [2.45, 2.75) is 70.5 Å². The van der Waals surface area contributed by atoms with Crippen molar-refractivity contribution in [3.63, 3.8) is 0 Å². The summed E-state index contributed by atoms with van der Waals surface area (Å²) in [5.41, 5.74) is 1.31. The van der Waals surface area contributed by atoms with Crippen LogP contribution in [0.4, 0.5) is 0 Å². The van der Waals surface area contributed by atoms with Crippen LogP contribution in [0.3, 0.4) is 0 Å². The maximum absolute atomic E-state index is 13.2. The van der Waals surface area contributed by atoms with E-state index in [4.69, 9.17) is 4.98 Å². The molecule has 1 amide bonds. The number of nitrogens with zero attached hydrogens (tertiary/aromatic N) is 2. The number of aromatic nitrogens is 2. The normalized spacial score (nSPS) is 13.3. The fourth-order valence-electron chi connectivity index (χ4n) is 3.33. The monoisotopic (exact) mass is 393 g/mol. The van der Waals surface area contributed by atoms with E-state index in [0.29, 0.717) is 24.0 Å². The molecular formula is C19H27N3O2S2. The van der Waals surface area contributed by atoms with Gasteiger partial charge in [-0.25, -0.2) is 4.98 Å². The van der Waals surface area contributed by atoms with Crippen LogP contribution >= 0.6 is 23.1 Å². The Kier molecular flexibility index (Phi) is 6.75. The van der Waals surface area contributed by atoms with Gasteiger partial charge < -0.3 is 5.32 Å². The minimum Gasteiger partial charge on any atom is -0.355 e. The highest BCUT2D eigenvalue weighted by molar-refractivity contribution is 7.99. The Morgan fingerprint density at radius 2 is 2.12 bits per heavy atom. The van der Waals surface area contributed by atoms with Crippen LogP contribution in [0, 0.1) is 0 Å². The number of amides is 1. The van der Waals surface area contributed by atoms with E-state index >= 15 is 0 Å². The molecule has 1 N–H and O–H groups in total. The molecule has 7 heteroatoms. The van der Waals surface area contributed by atoms with Crippen LogP contribution in [0.25, 0.3) is 10.2 Å². The molecule has 26 heavy (non-hydrogen) atoms. The summed E-state index contributed by atoms with van der Waals surface area (Å²) in [4.78, 5) is 32.1. The van der Waals surface area contributed by atoms with Crippen molar-refractivity contribution >= 4 is 39.2 Å². The number of thiophene rings is 1. The summed E-state index contributed by atoms with van der Waals surface area (Å²) in [5.74, 6) is 0.302. The van der Waals surface area contributed by atoms with E-state index in [1.54, 1.807) is 15.9 Å². The third kappa shape index (κ3) is 4.14. The number of rotatable bonds is 9. The minimum atomic E-state index is -0.0000202. The van der Waals surface area contributed by atoms with Gasteiger partial charge in [-0.2, -0.15) is 0 Å². The van der Waals surface area contributed by atoms with Gasteiger partial charge in [0.25, 0.3) is 5.56 Å². The number of aryl methyl sites for hydroxylation is 2. The molecular weight excluding hydrogens is 366 g/mol. The lowest BCUT2D eigenvalue weighted by atomic mass is 10.2. The van der Waals surface area contributed by atoms with Crippen LogP contribution in [0.15, 0.2) is 9.95 Å². The van der Waals surface area contributed by atoms with Gasteiger partial charge in [0.05, 0.1) is 11.1 Å². The Morgan fingerprint density at radius 3 is 2.88 bits per heavy atom. The van der Waals surface area contributed by atoms with Gasteiger partial charge in [-0.3, -0.25) is 14.2 Å². The summed E-state index contributed by atoms with van der Waals surface area (Å²) in [5, 5.41) is 4.40. The van der Waals surface area contributed by atoms with E-state index in [-0.39, 0.29) is 11.5 Å². The molecule has 0 aliphatic heterocycles. The zero-order valence-electron chi connectivity index (χ0n) is 15.6. The molecule has 0 aromatic carbocycles. The molecule has 2 heterocycles. The largest absolute Gasteiger partial charge is 0.355 e. The van der Waals surface area contributed by atoms with Crippen LogP contribution in [-0.2, 0) is 24.2 Å². The third-order valence-electron chi connectivity index (χ3n) is 4.68. The number of carbonyl (C=O) groups is 1. The highest BCUT2D eigenvalue weighted by Gasteiger charge is 2.23. The van der Waals surface area contributed by atoms with E-state index in [9.17, 15) is 9.59 Å². The van der Waals surface area contributed by atoms with Gasteiger partial charge in [0.15, 0.2) is 5.16 Å². The molecule has 1 aliphatic carbocycles. The van der Waals surface area contributed by atoms with Gasteiger partial charge in [-0.1, -0.05) is 38.5 Å². The molecule has 0 atom stereocenters. The van der Waals surface area contributed by atoms with Crippen LogP contribution in [0.2, 0.25) is 0 Å². The molecule has 2 aromatic heterocycles. The summed E-state index contributed by atoms with van der Waals surface area (Å²) >= 11 is 3.04. The maximum atomic E-state index is 13.2. The summed E-state index contributed by atoms with van der Waals surface area (Å²) < 4.78 is 1.81.